The largest absolute Gasteiger partial charge is 0.507 e. The van der Waals surface area contributed by atoms with Crippen LogP contribution in [0.3, 0.4) is 0 Å². The summed E-state index contributed by atoms with van der Waals surface area (Å²) in [5.74, 6) is 0.766. The van der Waals surface area contributed by atoms with Crippen LogP contribution in [0.2, 0.25) is 0 Å². The topological polar surface area (TPSA) is 50.9 Å². The van der Waals surface area contributed by atoms with Crippen molar-refractivity contribution in [1.29, 1.82) is 0 Å². The Morgan fingerprint density at radius 1 is 0.544 bits per heavy atom. The molecule has 6 aromatic carbocycles. The number of imidazole rings is 1. The molecule has 0 unspecified atom stereocenters. The van der Waals surface area contributed by atoms with Crippen molar-refractivity contribution in [2.45, 2.75) is 138 Å². The van der Waals surface area contributed by atoms with Gasteiger partial charge in [0.2, 0.25) is 0 Å². The van der Waals surface area contributed by atoms with E-state index in [0.717, 1.165) is 55.7 Å². The number of hydrogen-bond donors (Lipinski definition) is 1. The number of hydrogen-bond acceptors (Lipinski definition) is 3. The van der Waals surface area contributed by atoms with Crippen LogP contribution in [0.4, 0.5) is 0 Å². The van der Waals surface area contributed by atoms with Crippen LogP contribution in [-0.2, 0) is 48.1 Å². The first kappa shape index (κ1) is 41.4. The minimum atomic E-state index is -2.83. The van der Waals surface area contributed by atoms with Crippen molar-refractivity contribution in [1.82, 2.24) is 14.5 Å². The Morgan fingerprint density at radius 3 is 1.75 bits per heavy atom. The molecule has 0 atom stereocenters. The molecule has 68 heavy (non-hydrogen) atoms. The second kappa shape index (κ2) is 18.1. The number of phenols is 1. The second-order valence-corrected chi connectivity index (χ2v) is 23.3. The molecule has 0 fully saturated rings. The van der Waals surface area contributed by atoms with Gasteiger partial charge >= 0.3 is 0 Å². The van der Waals surface area contributed by atoms with E-state index in [-0.39, 0.29) is 54.0 Å². The van der Waals surface area contributed by atoms with Crippen molar-refractivity contribution in [3.05, 3.63) is 167 Å². The quantitative estimate of drug-likeness (QED) is 0.169. The van der Waals surface area contributed by atoms with Crippen LogP contribution in [0.15, 0.2) is 127 Å². The SMILES string of the molecule is [2H]c1c([2H])c(C([2H])([2H])[2H])c([2H])c([2H])c1-c1ccnc(-c2[c-]c(-c3cccc4c3nc(-c3cc(C(C)(C)C)cc(C(C)(C)C)c3O)n4-c3cc(C(C)(C)C)ccc3-c3ccc(C(C)(C)C)cc3)cc(C(C)(C)C)c2)c1.[Pt]. The van der Waals surface area contributed by atoms with Gasteiger partial charge in [-0.1, -0.05) is 205 Å². The summed E-state index contributed by atoms with van der Waals surface area (Å²) >= 11 is 0. The molecule has 1 N–H and O–H groups in total. The molecular formula is C63H70N3OPt-. The molecule has 0 aliphatic carbocycles. The number of benzene rings is 6. The van der Waals surface area contributed by atoms with Crippen molar-refractivity contribution in [3.8, 4) is 67.5 Å². The first-order chi connectivity index (χ1) is 34.1. The molecule has 0 aliphatic heterocycles. The van der Waals surface area contributed by atoms with Crippen LogP contribution in [0.25, 0.3) is 72.7 Å². The van der Waals surface area contributed by atoms with Gasteiger partial charge in [-0.2, -0.15) is 0 Å². The molecule has 8 rings (SSSR count). The maximum atomic E-state index is 12.7. The molecule has 0 aliphatic rings. The number of aromatic nitrogens is 3. The number of nitrogens with zero attached hydrogens (tertiary/aromatic N) is 3. The van der Waals surface area contributed by atoms with Gasteiger partial charge in [-0.25, -0.2) is 4.98 Å². The first-order valence-electron chi connectivity index (χ1n) is 26.9. The fourth-order valence-corrected chi connectivity index (χ4v) is 8.60. The molecule has 0 saturated carbocycles. The van der Waals surface area contributed by atoms with Gasteiger partial charge in [0.15, 0.2) is 0 Å². The molecule has 5 heteroatoms. The van der Waals surface area contributed by atoms with E-state index < -0.39 is 42.0 Å². The van der Waals surface area contributed by atoms with Crippen LogP contribution in [0.1, 0.15) is 147 Å². The predicted molar refractivity (Wildman–Crippen MR) is 285 cm³/mol. The number of pyridine rings is 1. The van der Waals surface area contributed by atoms with Crippen LogP contribution >= 0.6 is 0 Å². The van der Waals surface area contributed by atoms with Gasteiger partial charge in [0.05, 0.1) is 27.8 Å². The molecule has 0 spiro atoms. The summed E-state index contributed by atoms with van der Waals surface area (Å²) in [6, 6.07) is 35.1. The zero-order chi connectivity index (χ0) is 54.6. The Kier molecular flexibility index (Phi) is 11.0. The van der Waals surface area contributed by atoms with Crippen LogP contribution in [-0.4, -0.2) is 19.6 Å². The third-order valence-electron chi connectivity index (χ3n) is 12.9. The van der Waals surface area contributed by atoms with Gasteiger partial charge in [-0.3, -0.25) is 9.55 Å². The summed E-state index contributed by atoms with van der Waals surface area (Å²) in [5, 5.41) is 12.7. The summed E-state index contributed by atoms with van der Waals surface area (Å²) in [6.45, 7) is 29.8. The fourth-order valence-electron chi connectivity index (χ4n) is 8.60. The summed E-state index contributed by atoms with van der Waals surface area (Å²) in [4.78, 5) is 10.5. The average Bonchev–Trinajstić information content (AvgIpc) is 3.68. The number of aromatic hydroxyl groups is 1. The Hall–Kier alpha value is -5.57. The molecule has 0 amide bonds. The molecule has 2 aromatic heterocycles. The van der Waals surface area contributed by atoms with Crippen molar-refractivity contribution in [2.75, 3.05) is 0 Å². The van der Waals surface area contributed by atoms with Crippen molar-refractivity contribution in [3.63, 3.8) is 0 Å². The second-order valence-electron chi connectivity index (χ2n) is 23.3. The Balaban J connectivity index is 0.00000820. The van der Waals surface area contributed by atoms with E-state index in [9.17, 15) is 5.11 Å². The minimum absolute atomic E-state index is 0. The molecule has 0 bridgehead atoms. The molecule has 2 heterocycles. The van der Waals surface area contributed by atoms with E-state index in [4.69, 9.17) is 19.6 Å². The van der Waals surface area contributed by atoms with Gasteiger partial charge in [0, 0.05) is 48.2 Å². The Morgan fingerprint density at radius 2 is 1.15 bits per heavy atom. The summed E-state index contributed by atoms with van der Waals surface area (Å²) < 4.78 is 61.1. The smallest absolute Gasteiger partial charge is 0.148 e. The van der Waals surface area contributed by atoms with Gasteiger partial charge < -0.3 is 5.11 Å². The maximum absolute atomic E-state index is 12.7. The number of rotatable bonds is 6. The third-order valence-corrected chi connectivity index (χ3v) is 12.9. The minimum Gasteiger partial charge on any atom is -0.507 e. The monoisotopic (exact) mass is 1090 g/mol. The van der Waals surface area contributed by atoms with Gasteiger partial charge in [-0.05, 0) is 91.6 Å². The third kappa shape index (κ3) is 10.1. The van der Waals surface area contributed by atoms with E-state index in [1.165, 1.54) is 5.56 Å². The molecule has 8 aromatic rings. The number of fused-ring (bicyclic) bond motifs is 1. The van der Waals surface area contributed by atoms with E-state index in [1.807, 2.05) is 12.1 Å². The first-order valence-corrected chi connectivity index (χ1v) is 23.4. The normalized spacial score (nSPS) is 14.3. The molecule has 4 nitrogen and oxygen atoms in total. The van der Waals surface area contributed by atoms with Gasteiger partial charge in [-0.15, -0.1) is 29.3 Å². The molecule has 0 radical (unpaired) electrons. The summed E-state index contributed by atoms with van der Waals surface area (Å²) in [6.07, 6.45) is 1.56. The van der Waals surface area contributed by atoms with Crippen molar-refractivity contribution in [2.24, 2.45) is 0 Å². The van der Waals surface area contributed by atoms with Crippen molar-refractivity contribution >= 4 is 11.0 Å². The fraction of sp³-hybridized carbons (Fsp3) is 0.333. The molecule has 354 valence electrons. The maximum Gasteiger partial charge on any atom is 0.148 e. The molecular weight excluding hydrogens is 1010 g/mol. The number of para-hydroxylation sites is 1. The van der Waals surface area contributed by atoms with Crippen molar-refractivity contribution < 1.29 is 35.8 Å². The van der Waals surface area contributed by atoms with E-state index in [1.54, 1.807) is 18.3 Å². The standard InChI is InChI=1S/C63H70N3O.Pt/c1-39-20-22-40(23-21-39)42-30-31-64-53(35-42)44-32-43(33-47(34-44)61(8,9)10)50-18-17-19-54-56(50)65-58(51-36-48(62(11,12)13)37-52(57(51)67)63(14,15)16)66(54)55-38-46(60(5,6)7)28-29-49(55)41-24-26-45(27-25-41)59(2,3)4;/h17-31,33-38,67H,1-16H3;/q-1;/i1D3,20D,21D,22D,23D;. The van der Waals surface area contributed by atoms with Crippen LogP contribution in [0.5, 0.6) is 5.75 Å². The van der Waals surface area contributed by atoms with Gasteiger partial charge in [0.1, 0.15) is 11.6 Å². The summed E-state index contributed by atoms with van der Waals surface area (Å²) in [7, 11) is 0. The van der Waals surface area contributed by atoms with Gasteiger partial charge in [0.25, 0.3) is 0 Å². The molecule has 0 saturated heterocycles. The Labute approximate surface area is 431 Å². The van der Waals surface area contributed by atoms with E-state index in [2.05, 4.69) is 187 Å². The average molecular weight is 1090 g/mol. The zero-order valence-electron chi connectivity index (χ0n) is 49.4. The van der Waals surface area contributed by atoms with E-state index >= 15 is 0 Å². The predicted octanol–water partition coefficient (Wildman–Crippen LogP) is 17.1. The Bertz CT molecular complexity index is 3470. The number of phenolic OH excluding ortho intramolecular Hbond substituents is 1. The summed E-state index contributed by atoms with van der Waals surface area (Å²) in [5.41, 5.74) is 11.5. The van der Waals surface area contributed by atoms with E-state index in [0.29, 0.717) is 33.7 Å². The van der Waals surface area contributed by atoms with Crippen LogP contribution < -0.4 is 0 Å². The van der Waals surface area contributed by atoms with Crippen LogP contribution in [0, 0.1) is 12.9 Å². The zero-order valence-corrected chi connectivity index (χ0v) is 44.7.